The molecular weight excluding hydrogens is 293 g/mol. The molecule has 4 rings (SSSR count). The van der Waals surface area contributed by atoms with Crippen LogP contribution in [0.3, 0.4) is 0 Å². The number of rotatable bonds is 3. The Morgan fingerprint density at radius 1 is 1.30 bits per heavy atom. The highest BCUT2D eigenvalue weighted by Crippen LogP contribution is 2.37. The summed E-state index contributed by atoms with van der Waals surface area (Å²) in [5.74, 6) is 0.622. The fourth-order valence-corrected chi connectivity index (χ4v) is 3.34. The molecule has 0 bridgehead atoms. The molecular formula is C18H18FN3O. The van der Waals surface area contributed by atoms with Crippen LogP contribution in [0.25, 0.3) is 0 Å². The molecule has 2 N–H and O–H groups in total. The lowest BCUT2D eigenvalue weighted by atomic mass is 9.93. The van der Waals surface area contributed by atoms with Crippen molar-refractivity contribution >= 4 is 11.9 Å². The molecule has 4 nitrogen and oxygen atoms in total. The number of ether oxygens (including phenoxy) is 1. The number of hydrogen-bond acceptors (Lipinski definition) is 4. The second kappa shape index (κ2) is 5.44. The molecule has 1 saturated heterocycles. The first-order chi connectivity index (χ1) is 11.2. The third-order valence-electron chi connectivity index (χ3n) is 4.50. The van der Waals surface area contributed by atoms with Gasteiger partial charge in [-0.3, -0.25) is 15.6 Å². The third-order valence-corrected chi connectivity index (χ3v) is 4.50. The number of aliphatic imine (C=N–C) groups is 1. The summed E-state index contributed by atoms with van der Waals surface area (Å²) < 4.78 is 18.9. The summed E-state index contributed by atoms with van der Waals surface area (Å²) in [6.45, 7) is 0.696. The topological polar surface area (TPSA) is 45.6 Å². The molecule has 0 aliphatic carbocycles. The predicted octanol–water partition coefficient (Wildman–Crippen LogP) is 2.51. The zero-order chi connectivity index (χ0) is 15.9. The van der Waals surface area contributed by atoms with E-state index in [0.29, 0.717) is 6.54 Å². The molecule has 1 fully saturated rings. The molecule has 23 heavy (non-hydrogen) atoms. The van der Waals surface area contributed by atoms with Crippen LogP contribution in [0.2, 0.25) is 0 Å². The molecule has 0 radical (unpaired) electrons. The van der Waals surface area contributed by atoms with Crippen LogP contribution < -0.4 is 15.4 Å². The minimum atomic E-state index is -0.416. The van der Waals surface area contributed by atoms with E-state index < -0.39 is 5.54 Å². The fraction of sp³-hybridized carbons (Fsp3) is 0.278. The molecule has 1 unspecified atom stereocenters. The Kier molecular flexibility index (Phi) is 3.39. The van der Waals surface area contributed by atoms with Crippen LogP contribution in [0.5, 0.6) is 5.75 Å². The van der Waals surface area contributed by atoms with Crippen molar-refractivity contribution in [3.8, 4) is 5.75 Å². The highest BCUT2D eigenvalue weighted by atomic mass is 19.1. The lowest BCUT2D eigenvalue weighted by molar-refractivity contribution is 0.413. The molecule has 2 atom stereocenters. The normalized spacial score (nSPS) is 25.0. The maximum Gasteiger partial charge on any atom is 0.123 e. The smallest absolute Gasteiger partial charge is 0.123 e. The summed E-state index contributed by atoms with van der Waals surface area (Å²) in [5, 5.41) is 7.04. The molecule has 2 aromatic carbocycles. The molecule has 2 aliphatic rings. The van der Waals surface area contributed by atoms with Gasteiger partial charge in [0.1, 0.15) is 11.6 Å². The van der Waals surface area contributed by atoms with Gasteiger partial charge >= 0.3 is 0 Å². The first-order valence-corrected chi connectivity index (χ1v) is 7.68. The third kappa shape index (κ3) is 2.52. The van der Waals surface area contributed by atoms with E-state index in [1.54, 1.807) is 19.2 Å². The summed E-state index contributed by atoms with van der Waals surface area (Å²) in [4.78, 5) is 4.43. The minimum absolute atomic E-state index is 0.0998. The van der Waals surface area contributed by atoms with Gasteiger partial charge < -0.3 is 4.74 Å². The van der Waals surface area contributed by atoms with Gasteiger partial charge in [0.2, 0.25) is 0 Å². The molecule has 0 saturated carbocycles. The van der Waals surface area contributed by atoms with E-state index in [1.807, 2.05) is 24.4 Å². The number of nitrogens with one attached hydrogen (secondary N) is 2. The molecule has 2 heterocycles. The number of hydrogen-bond donors (Lipinski definition) is 2. The molecule has 118 valence electrons. The van der Waals surface area contributed by atoms with Gasteiger partial charge in [0.25, 0.3) is 0 Å². The summed E-state index contributed by atoms with van der Waals surface area (Å²) in [6, 6.07) is 12.8. The Morgan fingerprint density at radius 2 is 2.22 bits per heavy atom. The SMILES string of the molecule is COc1cccc(C[C@@H]2NCC3(C=Nc4ccc(F)cc43)N2)c1. The predicted molar refractivity (Wildman–Crippen MR) is 87.9 cm³/mol. The lowest BCUT2D eigenvalue weighted by Gasteiger charge is -2.22. The number of nitrogens with zero attached hydrogens (tertiary/aromatic N) is 1. The van der Waals surface area contributed by atoms with Crippen molar-refractivity contribution in [3.63, 3.8) is 0 Å². The number of halogens is 1. The van der Waals surface area contributed by atoms with Crippen LogP contribution >= 0.6 is 0 Å². The van der Waals surface area contributed by atoms with Crippen molar-refractivity contribution in [2.45, 2.75) is 18.1 Å². The van der Waals surface area contributed by atoms with E-state index in [1.165, 1.54) is 11.6 Å². The zero-order valence-corrected chi connectivity index (χ0v) is 12.8. The maximum atomic E-state index is 13.6. The Balaban J connectivity index is 1.54. The van der Waals surface area contributed by atoms with Gasteiger partial charge in [-0.1, -0.05) is 12.1 Å². The second-order valence-electron chi connectivity index (χ2n) is 6.02. The van der Waals surface area contributed by atoms with Crippen molar-refractivity contribution in [2.24, 2.45) is 4.99 Å². The van der Waals surface area contributed by atoms with E-state index in [9.17, 15) is 4.39 Å². The monoisotopic (exact) mass is 311 g/mol. The molecule has 2 aliphatic heterocycles. The summed E-state index contributed by atoms with van der Waals surface area (Å²) in [7, 11) is 1.67. The van der Waals surface area contributed by atoms with Gasteiger partial charge in [-0.15, -0.1) is 0 Å². The second-order valence-corrected chi connectivity index (χ2v) is 6.02. The lowest BCUT2D eigenvalue weighted by Crippen LogP contribution is -2.43. The Hall–Kier alpha value is -2.24. The minimum Gasteiger partial charge on any atom is -0.497 e. The molecule has 5 heteroatoms. The van der Waals surface area contributed by atoms with E-state index in [4.69, 9.17) is 4.74 Å². The van der Waals surface area contributed by atoms with E-state index in [2.05, 4.69) is 21.7 Å². The van der Waals surface area contributed by atoms with Crippen LogP contribution in [0.4, 0.5) is 10.1 Å². The summed E-state index contributed by atoms with van der Waals surface area (Å²) in [6.07, 6.45) is 2.80. The van der Waals surface area contributed by atoms with Crippen LogP contribution in [0.1, 0.15) is 11.1 Å². The first kappa shape index (κ1) is 14.4. The van der Waals surface area contributed by atoms with Gasteiger partial charge in [0.05, 0.1) is 24.5 Å². The molecule has 0 aromatic heterocycles. The summed E-state index contributed by atoms with van der Waals surface area (Å²) in [5.41, 5.74) is 2.50. The maximum absolute atomic E-state index is 13.6. The van der Waals surface area contributed by atoms with Gasteiger partial charge in [-0.25, -0.2) is 4.39 Å². The highest BCUT2D eigenvalue weighted by molar-refractivity contribution is 5.85. The molecule has 1 spiro atoms. The average Bonchev–Trinajstić information content (AvgIpc) is 3.13. The molecule has 2 aromatic rings. The van der Waals surface area contributed by atoms with E-state index in [0.717, 1.165) is 23.4 Å². The van der Waals surface area contributed by atoms with E-state index >= 15 is 0 Å². The van der Waals surface area contributed by atoms with Crippen LogP contribution in [0.15, 0.2) is 47.5 Å². The number of methoxy groups -OCH3 is 1. The van der Waals surface area contributed by atoms with Crippen molar-refractivity contribution in [1.82, 2.24) is 10.6 Å². The van der Waals surface area contributed by atoms with Gasteiger partial charge in [0.15, 0.2) is 0 Å². The van der Waals surface area contributed by atoms with Crippen LogP contribution in [-0.2, 0) is 12.0 Å². The Labute approximate surface area is 134 Å². The molecule has 0 amide bonds. The van der Waals surface area contributed by atoms with Gasteiger partial charge in [-0.2, -0.15) is 0 Å². The summed E-state index contributed by atoms with van der Waals surface area (Å²) >= 11 is 0. The highest BCUT2D eigenvalue weighted by Gasteiger charge is 2.42. The van der Waals surface area contributed by atoms with Crippen molar-refractivity contribution in [2.75, 3.05) is 13.7 Å². The first-order valence-electron chi connectivity index (χ1n) is 7.68. The largest absolute Gasteiger partial charge is 0.497 e. The fourth-order valence-electron chi connectivity index (χ4n) is 3.34. The van der Waals surface area contributed by atoms with Crippen molar-refractivity contribution in [1.29, 1.82) is 0 Å². The van der Waals surface area contributed by atoms with Gasteiger partial charge in [0, 0.05) is 24.7 Å². The zero-order valence-electron chi connectivity index (χ0n) is 12.8. The number of fused-ring (bicyclic) bond motifs is 2. The van der Waals surface area contributed by atoms with Crippen molar-refractivity contribution < 1.29 is 9.13 Å². The van der Waals surface area contributed by atoms with Crippen LogP contribution in [0, 0.1) is 5.82 Å². The van der Waals surface area contributed by atoms with Crippen molar-refractivity contribution in [3.05, 3.63) is 59.4 Å². The Bertz CT molecular complexity index is 777. The average molecular weight is 311 g/mol. The standard InChI is InChI=1S/C18H18FN3O/c1-23-14-4-2-3-12(7-14)8-17-21-11-18(22-17)10-20-16-6-5-13(19)9-15(16)18/h2-7,9-10,17,21-22H,8,11H2,1H3/t17-,18?/m1/s1. The van der Waals surface area contributed by atoms with Gasteiger partial charge in [-0.05, 0) is 35.9 Å². The quantitative estimate of drug-likeness (QED) is 0.915. The van der Waals surface area contributed by atoms with Crippen LogP contribution in [-0.4, -0.2) is 26.0 Å². The number of benzene rings is 2. The van der Waals surface area contributed by atoms with E-state index in [-0.39, 0.29) is 12.0 Å². The Morgan fingerprint density at radius 3 is 3.09 bits per heavy atom.